The predicted molar refractivity (Wildman–Crippen MR) is 90.2 cm³/mol. The first kappa shape index (κ1) is 16.5. The molecule has 0 aromatic heterocycles. The van der Waals surface area contributed by atoms with Gasteiger partial charge in [0.15, 0.2) is 5.92 Å². The molecule has 0 unspecified atom stereocenters. The van der Waals surface area contributed by atoms with E-state index in [2.05, 4.69) is 10.3 Å². The second kappa shape index (κ2) is 6.64. The number of aliphatic imine (C=N–C) groups is 1. The minimum absolute atomic E-state index is 0.216. The Bertz CT molecular complexity index is 895. The summed E-state index contributed by atoms with van der Waals surface area (Å²) in [6.07, 6.45) is 1.17. The molecule has 1 saturated heterocycles. The highest BCUT2D eigenvalue weighted by molar-refractivity contribution is 6.32. The first-order valence-corrected chi connectivity index (χ1v) is 7.52. The summed E-state index contributed by atoms with van der Waals surface area (Å²) >= 11 is 0. The van der Waals surface area contributed by atoms with E-state index in [1.807, 2.05) is 19.1 Å². The van der Waals surface area contributed by atoms with E-state index in [1.165, 1.54) is 24.4 Å². The van der Waals surface area contributed by atoms with Gasteiger partial charge in [0.05, 0.1) is 11.4 Å². The van der Waals surface area contributed by atoms with Crippen molar-refractivity contribution in [2.75, 3.05) is 4.90 Å². The molecular weight excluding hydrogens is 325 g/mol. The van der Waals surface area contributed by atoms with Crippen molar-refractivity contribution in [1.82, 2.24) is 5.32 Å². The van der Waals surface area contributed by atoms with Crippen LogP contribution >= 0.6 is 0 Å². The quantitative estimate of drug-likeness (QED) is 0.690. The normalized spacial score (nSPS) is 17.9. The summed E-state index contributed by atoms with van der Waals surface area (Å²) in [6, 6.07) is 11.5. The molecular formula is C18H14FN3O3. The average molecular weight is 339 g/mol. The third-order valence-corrected chi connectivity index (χ3v) is 3.77. The number of hydrogen-bond acceptors (Lipinski definition) is 4. The molecule has 1 heterocycles. The van der Waals surface area contributed by atoms with Crippen LogP contribution in [0.4, 0.5) is 20.6 Å². The molecule has 126 valence electrons. The summed E-state index contributed by atoms with van der Waals surface area (Å²) in [7, 11) is 0. The second-order valence-electron chi connectivity index (χ2n) is 5.46. The Hall–Kier alpha value is -3.35. The smallest absolute Gasteiger partial charge is 0.276 e. The molecule has 2 aromatic rings. The Morgan fingerprint density at radius 3 is 2.48 bits per heavy atom. The van der Waals surface area contributed by atoms with E-state index < -0.39 is 29.6 Å². The van der Waals surface area contributed by atoms with Crippen molar-refractivity contribution in [2.45, 2.75) is 6.92 Å². The molecule has 0 aliphatic carbocycles. The highest BCUT2D eigenvalue weighted by Gasteiger charge is 2.41. The molecule has 0 spiro atoms. The van der Waals surface area contributed by atoms with Gasteiger partial charge in [0.1, 0.15) is 5.82 Å². The van der Waals surface area contributed by atoms with Gasteiger partial charge in [-0.3, -0.25) is 19.9 Å². The molecule has 1 atom stereocenters. The zero-order valence-electron chi connectivity index (χ0n) is 13.3. The van der Waals surface area contributed by atoms with Gasteiger partial charge in [0.25, 0.3) is 5.91 Å². The lowest BCUT2D eigenvalue weighted by atomic mass is 10.1. The van der Waals surface area contributed by atoms with Crippen LogP contribution in [0, 0.1) is 18.7 Å². The number of urea groups is 1. The highest BCUT2D eigenvalue weighted by atomic mass is 19.1. The Morgan fingerprint density at radius 1 is 1.08 bits per heavy atom. The molecule has 0 saturated carbocycles. The monoisotopic (exact) mass is 339 g/mol. The number of amides is 4. The first-order chi connectivity index (χ1) is 12.0. The fourth-order valence-corrected chi connectivity index (χ4v) is 2.45. The van der Waals surface area contributed by atoms with Crippen LogP contribution in [0.15, 0.2) is 53.5 Å². The molecule has 1 fully saturated rings. The Kier molecular flexibility index (Phi) is 4.38. The predicted octanol–water partition coefficient (Wildman–Crippen LogP) is 2.74. The van der Waals surface area contributed by atoms with Gasteiger partial charge in [0, 0.05) is 6.21 Å². The van der Waals surface area contributed by atoms with Crippen molar-refractivity contribution < 1.29 is 18.8 Å². The van der Waals surface area contributed by atoms with Crippen LogP contribution in [0.1, 0.15) is 5.56 Å². The number of rotatable bonds is 3. The van der Waals surface area contributed by atoms with E-state index in [-0.39, 0.29) is 5.69 Å². The van der Waals surface area contributed by atoms with Gasteiger partial charge in [-0.15, -0.1) is 0 Å². The van der Waals surface area contributed by atoms with E-state index in [4.69, 9.17) is 0 Å². The molecule has 1 N–H and O–H groups in total. The number of carbonyl (C=O) groups is 3. The SMILES string of the molecule is Cc1ccccc1N=C[C@@H]1C(=O)NC(=O)N(c2ccccc2F)C1=O. The number of halogens is 1. The molecule has 2 aromatic carbocycles. The Morgan fingerprint density at radius 2 is 1.76 bits per heavy atom. The van der Waals surface area contributed by atoms with Crippen LogP contribution < -0.4 is 10.2 Å². The molecule has 3 rings (SSSR count). The third kappa shape index (κ3) is 3.16. The van der Waals surface area contributed by atoms with Crippen molar-refractivity contribution in [1.29, 1.82) is 0 Å². The summed E-state index contributed by atoms with van der Waals surface area (Å²) < 4.78 is 14.0. The lowest BCUT2D eigenvalue weighted by Gasteiger charge is -2.28. The maximum atomic E-state index is 14.0. The molecule has 0 radical (unpaired) electrons. The van der Waals surface area contributed by atoms with Crippen LogP contribution in [-0.2, 0) is 9.59 Å². The molecule has 7 heteroatoms. The van der Waals surface area contributed by atoms with Gasteiger partial charge >= 0.3 is 6.03 Å². The zero-order valence-corrected chi connectivity index (χ0v) is 13.3. The fourth-order valence-electron chi connectivity index (χ4n) is 2.45. The van der Waals surface area contributed by atoms with Crippen molar-refractivity contribution in [2.24, 2.45) is 10.9 Å². The fraction of sp³-hybridized carbons (Fsp3) is 0.111. The van der Waals surface area contributed by atoms with Crippen molar-refractivity contribution in [3.8, 4) is 0 Å². The molecule has 6 nitrogen and oxygen atoms in total. The first-order valence-electron chi connectivity index (χ1n) is 7.52. The maximum Gasteiger partial charge on any atom is 0.335 e. The maximum absolute atomic E-state index is 14.0. The van der Waals surface area contributed by atoms with Crippen molar-refractivity contribution in [3.63, 3.8) is 0 Å². The zero-order chi connectivity index (χ0) is 18.0. The van der Waals surface area contributed by atoms with Crippen LogP contribution in [0.5, 0.6) is 0 Å². The van der Waals surface area contributed by atoms with Crippen LogP contribution in [-0.4, -0.2) is 24.1 Å². The highest BCUT2D eigenvalue weighted by Crippen LogP contribution is 2.24. The van der Waals surface area contributed by atoms with E-state index >= 15 is 0 Å². The van der Waals surface area contributed by atoms with Crippen molar-refractivity contribution >= 4 is 35.4 Å². The Balaban J connectivity index is 1.94. The standard InChI is InChI=1S/C18H14FN3O3/c1-11-6-2-4-8-14(11)20-10-12-16(23)21-18(25)22(17(12)24)15-9-5-3-7-13(15)19/h2-10,12H,1H3,(H,21,23,25)/t12-/m1/s1. The van der Waals surface area contributed by atoms with E-state index in [9.17, 15) is 18.8 Å². The topological polar surface area (TPSA) is 78.8 Å². The number of anilines is 1. The van der Waals surface area contributed by atoms with Gasteiger partial charge < -0.3 is 0 Å². The lowest BCUT2D eigenvalue weighted by Crippen LogP contribution is -2.58. The molecule has 1 aliphatic rings. The van der Waals surface area contributed by atoms with Crippen LogP contribution in [0.2, 0.25) is 0 Å². The minimum Gasteiger partial charge on any atom is -0.276 e. The number of benzene rings is 2. The number of aryl methyl sites for hydroxylation is 1. The van der Waals surface area contributed by atoms with Crippen molar-refractivity contribution in [3.05, 3.63) is 59.9 Å². The molecule has 0 bridgehead atoms. The molecule has 1 aliphatic heterocycles. The number of carbonyl (C=O) groups excluding carboxylic acids is 3. The third-order valence-electron chi connectivity index (χ3n) is 3.77. The number of hydrogen-bond donors (Lipinski definition) is 1. The summed E-state index contributed by atoms with van der Waals surface area (Å²) in [6.45, 7) is 1.84. The van der Waals surface area contributed by atoms with Gasteiger partial charge in [0.2, 0.25) is 5.91 Å². The van der Waals surface area contributed by atoms with Crippen LogP contribution in [0.25, 0.3) is 0 Å². The van der Waals surface area contributed by atoms with E-state index in [1.54, 1.807) is 12.1 Å². The number of nitrogens with one attached hydrogen (secondary N) is 1. The van der Waals surface area contributed by atoms with Gasteiger partial charge in [-0.25, -0.2) is 14.1 Å². The number of barbiturate groups is 1. The van der Waals surface area contributed by atoms with Gasteiger partial charge in [-0.1, -0.05) is 30.3 Å². The molecule has 25 heavy (non-hydrogen) atoms. The molecule has 4 amide bonds. The number of imide groups is 2. The van der Waals surface area contributed by atoms with Gasteiger partial charge in [-0.2, -0.15) is 0 Å². The van der Waals surface area contributed by atoms with Crippen LogP contribution in [0.3, 0.4) is 0 Å². The average Bonchev–Trinajstić information content (AvgIpc) is 2.57. The number of para-hydroxylation sites is 2. The lowest BCUT2D eigenvalue weighted by molar-refractivity contribution is -0.131. The van der Waals surface area contributed by atoms with E-state index in [0.717, 1.165) is 11.6 Å². The summed E-state index contributed by atoms with van der Waals surface area (Å²) in [4.78, 5) is 41.4. The van der Waals surface area contributed by atoms with E-state index in [0.29, 0.717) is 10.6 Å². The number of nitrogens with zero attached hydrogens (tertiary/aromatic N) is 2. The second-order valence-corrected chi connectivity index (χ2v) is 5.46. The minimum atomic E-state index is -1.32. The summed E-state index contributed by atoms with van der Waals surface area (Å²) in [5.74, 6) is -3.71. The van der Waals surface area contributed by atoms with Gasteiger partial charge in [-0.05, 0) is 30.7 Å². The summed E-state index contributed by atoms with van der Waals surface area (Å²) in [5.41, 5.74) is 1.24. The Labute approximate surface area is 143 Å². The summed E-state index contributed by atoms with van der Waals surface area (Å²) in [5, 5.41) is 2.06. The largest absolute Gasteiger partial charge is 0.335 e.